The summed E-state index contributed by atoms with van der Waals surface area (Å²) in [6, 6.07) is 8.76. The number of hydrogen-bond acceptors (Lipinski definition) is 3. The lowest BCUT2D eigenvalue weighted by atomic mass is 10.2. The minimum atomic E-state index is -5.41. The molecule has 0 aliphatic carbocycles. The van der Waals surface area contributed by atoms with Crippen LogP contribution in [0, 0.1) is 0 Å². The van der Waals surface area contributed by atoms with Crippen LogP contribution in [0.3, 0.4) is 0 Å². The van der Waals surface area contributed by atoms with Gasteiger partial charge in [-0.25, -0.2) is 4.57 Å². The molecule has 0 spiro atoms. The first kappa shape index (κ1) is 16.6. The molecule has 1 amide bonds. The number of amides is 1. The summed E-state index contributed by atoms with van der Waals surface area (Å²) in [4.78, 5) is 25.5. The quantitative estimate of drug-likeness (QED) is 0.712. The summed E-state index contributed by atoms with van der Waals surface area (Å²) in [6.45, 7) is 0. The van der Waals surface area contributed by atoms with Crippen LogP contribution < -0.4 is 5.73 Å². The number of carbonyl (C=O) groups excluding carboxylic acids is 1. The molecule has 0 aromatic heterocycles. The van der Waals surface area contributed by atoms with Gasteiger partial charge in [-0.1, -0.05) is 18.2 Å². The molecule has 1 rings (SSSR count). The van der Waals surface area contributed by atoms with Crippen LogP contribution in [-0.4, -0.2) is 22.1 Å². The Labute approximate surface area is 99.4 Å². The molecular formula is C8H9F3NO5P. The fourth-order valence-corrected chi connectivity index (χ4v) is 1.01. The van der Waals surface area contributed by atoms with E-state index in [-0.39, 0.29) is 5.91 Å². The van der Waals surface area contributed by atoms with Crippen molar-refractivity contribution in [3.05, 3.63) is 35.9 Å². The molecule has 18 heavy (non-hydrogen) atoms. The second kappa shape index (κ2) is 6.50. The molecule has 0 unspecified atom stereocenters. The summed E-state index contributed by atoms with van der Waals surface area (Å²) in [7, 11) is -5.41. The second-order valence-corrected chi connectivity index (χ2v) is 3.92. The van der Waals surface area contributed by atoms with Crippen LogP contribution in [0.4, 0.5) is 13.2 Å². The molecule has 0 atom stereocenters. The highest BCUT2D eigenvalue weighted by Gasteiger charge is 2.38. The summed E-state index contributed by atoms with van der Waals surface area (Å²) in [5, 5.41) is 0. The van der Waals surface area contributed by atoms with Crippen molar-refractivity contribution in [3.8, 4) is 0 Å². The maximum atomic E-state index is 10.8. The van der Waals surface area contributed by atoms with Crippen molar-refractivity contribution in [2.24, 2.45) is 5.73 Å². The highest BCUT2D eigenvalue weighted by atomic mass is 31.2. The van der Waals surface area contributed by atoms with Crippen LogP contribution in [0.2, 0.25) is 0 Å². The van der Waals surface area contributed by atoms with Crippen LogP contribution in [0.25, 0.3) is 0 Å². The molecule has 10 heteroatoms. The summed E-state index contributed by atoms with van der Waals surface area (Å²) < 4.78 is 44.2. The van der Waals surface area contributed by atoms with Crippen LogP contribution in [0.1, 0.15) is 10.4 Å². The van der Waals surface area contributed by atoms with E-state index in [1.54, 1.807) is 24.3 Å². The van der Waals surface area contributed by atoms with Gasteiger partial charge in [-0.05, 0) is 12.1 Å². The van der Waals surface area contributed by atoms with Crippen molar-refractivity contribution in [1.82, 2.24) is 0 Å². The second-order valence-electron chi connectivity index (χ2n) is 2.76. The minimum Gasteiger partial charge on any atom is -0.366 e. The first-order valence-corrected chi connectivity index (χ1v) is 5.72. The standard InChI is InChI=1S/C7H7NO.CH2F3O4P/c8-7(9)6-4-2-1-3-5-6;2-1(3,4)8-9(5,6)7/h1-5H,(H2,8,9);(H2,5,6,7). The molecule has 102 valence electrons. The number of hydrogen-bond donors (Lipinski definition) is 3. The Morgan fingerprint density at radius 1 is 1.22 bits per heavy atom. The van der Waals surface area contributed by atoms with Gasteiger partial charge in [0.1, 0.15) is 0 Å². The molecule has 4 N–H and O–H groups in total. The normalized spacial score (nSPS) is 11.4. The van der Waals surface area contributed by atoms with Gasteiger partial charge in [-0.3, -0.25) is 4.79 Å². The lowest BCUT2D eigenvalue weighted by Gasteiger charge is -2.06. The average Bonchev–Trinajstić information content (AvgIpc) is 2.14. The highest BCUT2D eigenvalue weighted by Crippen LogP contribution is 2.42. The number of rotatable bonds is 2. The molecule has 6 nitrogen and oxygen atoms in total. The monoisotopic (exact) mass is 287 g/mol. The molecule has 1 aromatic carbocycles. The largest absolute Gasteiger partial charge is 0.531 e. The van der Waals surface area contributed by atoms with Crippen LogP contribution in [0.15, 0.2) is 30.3 Å². The first-order valence-electron chi connectivity index (χ1n) is 4.19. The first-order chi connectivity index (χ1) is 8.01. The van der Waals surface area contributed by atoms with Crippen molar-refractivity contribution in [2.75, 3.05) is 0 Å². The molecule has 0 aliphatic heterocycles. The van der Waals surface area contributed by atoms with Crippen molar-refractivity contribution in [2.45, 2.75) is 6.36 Å². The number of benzene rings is 1. The van der Waals surface area contributed by atoms with Gasteiger partial charge in [0.2, 0.25) is 5.91 Å². The van der Waals surface area contributed by atoms with E-state index >= 15 is 0 Å². The number of phosphoric acid groups is 1. The minimum absolute atomic E-state index is 0.379. The Hall–Kier alpha value is -1.41. The van der Waals surface area contributed by atoms with Crippen molar-refractivity contribution < 1.29 is 36.8 Å². The molecule has 0 fully saturated rings. The number of nitrogens with two attached hydrogens (primary N) is 1. The van der Waals surface area contributed by atoms with Crippen molar-refractivity contribution >= 4 is 13.7 Å². The molecule has 0 bridgehead atoms. The summed E-state index contributed by atoms with van der Waals surface area (Å²) in [5.41, 5.74) is 5.53. The Kier molecular flexibility index (Phi) is 5.99. The van der Waals surface area contributed by atoms with Gasteiger partial charge in [0, 0.05) is 5.56 Å². The van der Waals surface area contributed by atoms with Crippen LogP contribution >= 0.6 is 7.82 Å². The molecule has 0 saturated carbocycles. The van der Waals surface area contributed by atoms with Gasteiger partial charge in [0.25, 0.3) is 0 Å². The fourth-order valence-electron chi connectivity index (χ4n) is 0.737. The summed E-state index contributed by atoms with van der Waals surface area (Å²) in [6.07, 6.45) is -5.28. The number of alkyl halides is 3. The van der Waals surface area contributed by atoms with E-state index in [9.17, 15) is 22.5 Å². The summed E-state index contributed by atoms with van der Waals surface area (Å²) >= 11 is 0. The van der Waals surface area contributed by atoms with E-state index < -0.39 is 14.2 Å². The van der Waals surface area contributed by atoms with Gasteiger partial charge < -0.3 is 15.5 Å². The van der Waals surface area contributed by atoms with Gasteiger partial charge in [0.15, 0.2) is 0 Å². The van der Waals surface area contributed by atoms with E-state index in [0.717, 1.165) is 0 Å². The molecule has 0 heterocycles. The van der Waals surface area contributed by atoms with Crippen molar-refractivity contribution in [3.63, 3.8) is 0 Å². The smallest absolute Gasteiger partial charge is 0.366 e. The van der Waals surface area contributed by atoms with E-state index in [2.05, 4.69) is 4.52 Å². The molecular weight excluding hydrogens is 278 g/mol. The molecule has 0 saturated heterocycles. The Morgan fingerprint density at radius 3 is 1.83 bits per heavy atom. The zero-order valence-electron chi connectivity index (χ0n) is 8.66. The third-order valence-corrected chi connectivity index (χ3v) is 1.73. The molecule has 0 radical (unpaired) electrons. The lowest BCUT2D eigenvalue weighted by Crippen LogP contribution is -2.10. The highest BCUT2D eigenvalue weighted by molar-refractivity contribution is 7.46. The maximum Gasteiger partial charge on any atom is 0.531 e. The number of phosphoric ester groups is 1. The predicted octanol–water partition coefficient (Wildman–Crippen LogP) is 1.40. The van der Waals surface area contributed by atoms with Crippen LogP contribution in [0.5, 0.6) is 0 Å². The maximum absolute atomic E-state index is 10.8. The predicted molar refractivity (Wildman–Crippen MR) is 54.1 cm³/mol. The third-order valence-electron chi connectivity index (χ3n) is 1.28. The fraction of sp³-hybridized carbons (Fsp3) is 0.125. The lowest BCUT2D eigenvalue weighted by molar-refractivity contribution is -0.281. The topological polar surface area (TPSA) is 110 Å². The van der Waals surface area contributed by atoms with Gasteiger partial charge >= 0.3 is 14.2 Å². The van der Waals surface area contributed by atoms with E-state index in [1.807, 2.05) is 6.07 Å². The Morgan fingerprint density at radius 2 is 1.67 bits per heavy atom. The zero-order valence-corrected chi connectivity index (χ0v) is 9.56. The van der Waals surface area contributed by atoms with Gasteiger partial charge in [-0.2, -0.15) is 4.52 Å². The van der Waals surface area contributed by atoms with Gasteiger partial charge in [0.05, 0.1) is 0 Å². The molecule has 0 aliphatic rings. The SMILES string of the molecule is NC(=O)c1ccccc1.O=P(O)(O)OC(F)(F)F. The number of carbonyl (C=O) groups is 1. The van der Waals surface area contributed by atoms with E-state index in [4.69, 9.17) is 15.5 Å². The zero-order chi connectivity index (χ0) is 14.4. The Balaban J connectivity index is 0.000000321. The number of halogens is 3. The van der Waals surface area contributed by atoms with E-state index in [1.165, 1.54) is 0 Å². The molecule has 1 aromatic rings. The van der Waals surface area contributed by atoms with Gasteiger partial charge in [-0.15, -0.1) is 13.2 Å². The Bertz CT molecular complexity index is 430. The average molecular weight is 287 g/mol. The van der Waals surface area contributed by atoms with Crippen molar-refractivity contribution in [1.29, 1.82) is 0 Å². The number of primary amides is 1. The third kappa shape index (κ3) is 9.79. The summed E-state index contributed by atoms with van der Waals surface area (Å²) in [5.74, 6) is -0.379. The van der Waals surface area contributed by atoms with E-state index in [0.29, 0.717) is 5.56 Å². The van der Waals surface area contributed by atoms with Crippen LogP contribution in [-0.2, 0) is 9.09 Å².